The van der Waals surface area contributed by atoms with Gasteiger partial charge in [0.2, 0.25) is 5.88 Å². The van der Waals surface area contributed by atoms with Gasteiger partial charge in [0.05, 0.1) is 5.56 Å². The van der Waals surface area contributed by atoms with Crippen molar-refractivity contribution in [1.29, 1.82) is 0 Å². The van der Waals surface area contributed by atoms with Crippen molar-refractivity contribution in [3.8, 4) is 5.88 Å². The number of hydrogen-bond donors (Lipinski definition) is 0. The van der Waals surface area contributed by atoms with Gasteiger partial charge >= 0.3 is 12.6 Å². The number of halogens is 4. The SMILES string of the molecule is O=[C]Oc1ncc(C(F)(F)F)cc1Cl. The molecule has 0 aliphatic carbocycles. The fourth-order valence-electron chi connectivity index (χ4n) is 0.695. The molecule has 0 aliphatic rings. The van der Waals surface area contributed by atoms with Gasteiger partial charge in [-0.2, -0.15) is 13.2 Å². The highest BCUT2D eigenvalue weighted by molar-refractivity contribution is 6.31. The molecule has 0 bridgehead atoms. The monoisotopic (exact) mass is 224 g/mol. The van der Waals surface area contributed by atoms with E-state index in [4.69, 9.17) is 11.6 Å². The zero-order chi connectivity index (χ0) is 10.8. The molecule has 1 aromatic heterocycles. The minimum atomic E-state index is -4.53. The van der Waals surface area contributed by atoms with Gasteiger partial charge in [-0.3, -0.25) is 0 Å². The van der Waals surface area contributed by atoms with E-state index in [0.29, 0.717) is 12.3 Å². The number of carbonyl (C=O) groups excluding carboxylic acids is 1. The summed E-state index contributed by atoms with van der Waals surface area (Å²) >= 11 is 5.35. The molecule has 7 heteroatoms. The summed E-state index contributed by atoms with van der Waals surface area (Å²) < 4.78 is 40.3. The Labute approximate surface area is 81.5 Å². The van der Waals surface area contributed by atoms with Crippen molar-refractivity contribution in [1.82, 2.24) is 4.98 Å². The van der Waals surface area contributed by atoms with Crippen LogP contribution in [-0.2, 0) is 11.0 Å². The summed E-state index contributed by atoms with van der Waals surface area (Å²) in [6, 6.07) is 0.612. The summed E-state index contributed by atoms with van der Waals surface area (Å²) in [5, 5.41) is -0.400. The fourth-order valence-corrected chi connectivity index (χ4v) is 0.900. The molecule has 1 heterocycles. The van der Waals surface area contributed by atoms with Crippen molar-refractivity contribution in [2.75, 3.05) is 0 Å². The van der Waals surface area contributed by atoms with Crippen LogP contribution in [0.2, 0.25) is 5.02 Å². The zero-order valence-electron chi connectivity index (χ0n) is 6.43. The average Bonchev–Trinajstić information content (AvgIpc) is 2.07. The second kappa shape index (κ2) is 3.83. The molecule has 3 nitrogen and oxygen atoms in total. The molecule has 0 fully saturated rings. The predicted octanol–water partition coefficient (Wildman–Crippen LogP) is 2.20. The lowest BCUT2D eigenvalue weighted by molar-refractivity contribution is -0.137. The summed E-state index contributed by atoms with van der Waals surface area (Å²) in [5.74, 6) is -0.408. The Balaban J connectivity index is 3.06. The quantitative estimate of drug-likeness (QED) is 0.773. The van der Waals surface area contributed by atoms with E-state index in [1.165, 1.54) is 0 Å². The van der Waals surface area contributed by atoms with Crippen LogP contribution in [0, 0.1) is 0 Å². The van der Waals surface area contributed by atoms with Crippen molar-refractivity contribution >= 4 is 18.1 Å². The largest absolute Gasteiger partial charge is 0.424 e. The summed E-state index contributed by atoms with van der Waals surface area (Å²) in [4.78, 5) is 12.9. The van der Waals surface area contributed by atoms with Crippen LogP contribution in [0.4, 0.5) is 13.2 Å². The van der Waals surface area contributed by atoms with Gasteiger partial charge in [-0.25, -0.2) is 9.78 Å². The predicted molar refractivity (Wildman–Crippen MR) is 40.6 cm³/mol. The van der Waals surface area contributed by atoms with Crippen molar-refractivity contribution in [3.63, 3.8) is 0 Å². The van der Waals surface area contributed by atoms with Gasteiger partial charge in [0.1, 0.15) is 5.02 Å². The fraction of sp³-hybridized carbons (Fsp3) is 0.143. The van der Waals surface area contributed by atoms with E-state index in [-0.39, 0.29) is 0 Å². The number of nitrogens with zero attached hydrogens (tertiary/aromatic N) is 1. The van der Waals surface area contributed by atoms with E-state index in [1.54, 1.807) is 0 Å². The minimum absolute atomic E-state index is 0.400. The highest BCUT2D eigenvalue weighted by atomic mass is 35.5. The van der Waals surface area contributed by atoms with Crippen molar-refractivity contribution in [3.05, 3.63) is 22.8 Å². The first-order chi connectivity index (χ1) is 6.45. The Morgan fingerprint density at radius 2 is 2.14 bits per heavy atom. The van der Waals surface area contributed by atoms with Gasteiger partial charge in [-0.15, -0.1) is 0 Å². The van der Waals surface area contributed by atoms with Gasteiger partial charge in [0.15, 0.2) is 0 Å². The Bertz CT molecular complexity index is 353. The Morgan fingerprint density at radius 3 is 2.57 bits per heavy atom. The van der Waals surface area contributed by atoms with Crippen LogP contribution in [-0.4, -0.2) is 11.5 Å². The zero-order valence-corrected chi connectivity index (χ0v) is 7.19. The summed E-state index contributed by atoms with van der Waals surface area (Å²) in [6.07, 6.45) is -4.02. The molecule has 14 heavy (non-hydrogen) atoms. The van der Waals surface area contributed by atoms with Gasteiger partial charge in [0, 0.05) is 6.20 Å². The molecule has 1 rings (SSSR count). The topological polar surface area (TPSA) is 39.2 Å². The molecule has 0 amide bonds. The van der Waals surface area contributed by atoms with Crippen LogP contribution >= 0.6 is 11.6 Å². The second-order valence-electron chi connectivity index (χ2n) is 2.19. The van der Waals surface area contributed by atoms with E-state index in [9.17, 15) is 18.0 Å². The number of hydrogen-bond acceptors (Lipinski definition) is 3. The smallest absolute Gasteiger partial charge is 0.397 e. The lowest BCUT2D eigenvalue weighted by atomic mass is 10.3. The molecule has 0 aromatic carbocycles. The van der Waals surface area contributed by atoms with Crippen LogP contribution in [0.25, 0.3) is 0 Å². The second-order valence-corrected chi connectivity index (χ2v) is 2.60. The molecule has 75 valence electrons. The third kappa shape index (κ3) is 2.35. The molecular weight excluding hydrogens is 223 g/mol. The van der Waals surface area contributed by atoms with Crippen LogP contribution in [0.3, 0.4) is 0 Å². The molecular formula is C7H2ClF3NO2. The van der Waals surface area contributed by atoms with Crippen LogP contribution in [0.15, 0.2) is 12.3 Å². The lowest BCUT2D eigenvalue weighted by Gasteiger charge is -2.06. The Morgan fingerprint density at radius 1 is 1.50 bits per heavy atom. The number of aromatic nitrogens is 1. The van der Waals surface area contributed by atoms with Crippen LogP contribution in [0.1, 0.15) is 5.56 Å². The Hall–Kier alpha value is -1.30. The summed E-state index contributed by atoms with van der Waals surface area (Å²) in [5.41, 5.74) is -1.01. The molecule has 0 spiro atoms. The molecule has 0 saturated heterocycles. The molecule has 1 aromatic rings. The first-order valence-corrected chi connectivity index (χ1v) is 3.59. The van der Waals surface area contributed by atoms with E-state index < -0.39 is 22.6 Å². The standard InChI is InChI=1S/C7H2ClF3NO2/c8-5-1-4(7(9,10)11)2-12-6(5)14-3-13/h1-2H. The average molecular weight is 225 g/mol. The maximum atomic E-state index is 12.1. The highest BCUT2D eigenvalue weighted by Crippen LogP contribution is 2.32. The van der Waals surface area contributed by atoms with Gasteiger partial charge in [-0.05, 0) is 6.07 Å². The number of ether oxygens (including phenoxy) is 1. The lowest BCUT2D eigenvalue weighted by Crippen LogP contribution is -2.06. The van der Waals surface area contributed by atoms with E-state index >= 15 is 0 Å². The molecule has 0 aliphatic heterocycles. The molecule has 0 atom stereocenters. The van der Waals surface area contributed by atoms with Crippen molar-refractivity contribution in [2.24, 2.45) is 0 Å². The number of alkyl halides is 3. The number of pyridine rings is 1. The highest BCUT2D eigenvalue weighted by Gasteiger charge is 2.31. The minimum Gasteiger partial charge on any atom is -0.397 e. The van der Waals surface area contributed by atoms with Crippen molar-refractivity contribution in [2.45, 2.75) is 6.18 Å². The summed E-state index contributed by atoms with van der Waals surface area (Å²) in [6.45, 7) is 1.00. The maximum Gasteiger partial charge on any atom is 0.424 e. The maximum absolute atomic E-state index is 12.1. The third-order valence-electron chi connectivity index (χ3n) is 1.27. The van der Waals surface area contributed by atoms with E-state index in [1.807, 2.05) is 0 Å². The van der Waals surface area contributed by atoms with Crippen LogP contribution in [0.5, 0.6) is 5.88 Å². The van der Waals surface area contributed by atoms with E-state index in [0.717, 1.165) is 6.47 Å². The van der Waals surface area contributed by atoms with Gasteiger partial charge in [-0.1, -0.05) is 11.6 Å². The number of rotatable bonds is 2. The molecule has 0 saturated carbocycles. The molecule has 0 unspecified atom stereocenters. The normalized spacial score (nSPS) is 11.1. The molecule has 0 N–H and O–H groups in total. The third-order valence-corrected chi connectivity index (χ3v) is 1.54. The van der Waals surface area contributed by atoms with Crippen molar-refractivity contribution < 1.29 is 22.7 Å². The van der Waals surface area contributed by atoms with E-state index in [2.05, 4.69) is 9.72 Å². The molecule has 1 radical (unpaired) electrons. The first-order valence-electron chi connectivity index (χ1n) is 3.22. The Kier molecular flexibility index (Phi) is 2.95. The van der Waals surface area contributed by atoms with Gasteiger partial charge in [0.25, 0.3) is 0 Å². The first kappa shape index (κ1) is 10.8. The van der Waals surface area contributed by atoms with Crippen LogP contribution < -0.4 is 4.74 Å². The van der Waals surface area contributed by atoms with Gasteiger partial charge < -0.3 is 4.74 Å². The summed E-state index contributed by atoms with van der Waals surface area (Å²) in [7, 11) is 0.